The number of aliphatic imine (C=N–C) groups is 1. The van der Waals surface area contributed by atoms with Crippen LogP contribution in [0.1, 0.15) is 31.7 Å². The molecular weight excluding hydrogens is 302 g/mol. The summed E-state index contributed by atoms with van der Waals surface area (Å²) in [7, 11) is 1.69. The molecule has 0 aliphatic heterocycles. The fraction of sp³-hybridized carbons (Fsp3) is 0.632. The molecular formula is C19H31N3O2. The van der Waals surface area contributed by atoms with E-state index in [1.165, 1.54) is 18.4 Å². The molecule has 0 bridgehead atoms. The van der Waals surface area contributed by atoms with E-state index in [2.05, 4.69) is 47.9 Å². The minimum absolute atomic E-state index is 0.257. The molecule has 0 heterocycles. The summed E-state index contributed by atoms with van der Waals surface area (Å²) in [5, 5.41) is 6.71. The van der Waals surface area contributed by atoms with Crippen molar-refractivity contribution in [1.82, 2.24) is 10.6 Å². The highest BCUT2D eigenvalue weighted by Gasteiger charge is 2.43. The van der Waals surface area contributed by atoms with Crippen LogP contribution in [-0.4, -0.2) is 52.5 Å². The number of nitrogens with one attached hydrogen (secondary N) is 2. The topological polar surface area (TPSA) is 54.9 Å². The predicted molar refractivity (Wildman–Crippen MR) is 98.6 cm³/mol. The van der Waals surface area contributed by atoms with Crippen molar-refractivity contribution < 1.29 is 9.47 Å². The van der Waals surface area contributed by atoms with Crippen molar-refractivity contribution in [2.45, 2.75) is 31.6 Å². The average molecular weight is 333 g/mol. The number of hydrogen-bond donors (Lipinski definition) is 2. The molecule has 2 rings (SSSR count). The number of rotatable bonds is 11. The minimum atomic E-state index is 0.257. The molecule has 1 aromatic rings. The van der Waals surface area contributed by atoms with Crippen molar-refractivity contribution in [3.63, 3.8) is 0 Å². The van der Waals surface area contributed by atoms with E-state index in [4.69, 9.17) is 14.5 Å². The van der Waals surface area contributed by atoms with Gasteiger partial charge in [-0.1, -0.05) is 30.3 Å². The molecule has 5 heteroatoms. The van der Waals surface area contributed by atoms with E-state index >= 15 is 0 Å². The van der Waals surface area contributed by atoms with Gasteiger partial charge in [0.25, 0.3) is 0 Å². The molecule has 0 atom stereocenters. The average Bonchev–Trinajstić information content (AvgIpc) is 3.41. The second-order valence-corrected chi connectivity index (χ2v) is 6.23. The quantitative estimate of drug-likeness (QED) is 0.371. The third-order valence-electron chi connectivity index (χ3n) is 4.31. The van der Waals surface area contributed by atoms with Gasteiger partial charge in [-0.05, 0) is 31.7 Å². The van der Waals surface area contributed by atoms with Crippen LogP contribution >= 0.6 is 0 Å². The van der Waals surface area contributed by atoms with E-state index in [0.29, 0.717) is 13.2 Å². The lowest BCUT2D eigenvalue weighted by molar-refractivity contribution is 0.0698. The van der Waals surface area contributed by atoms with Gasteiger partial charge in [0.05, 0.1) is 19.8 Å². The summed E-state index contributed by atoms with van der Waals surface area (Å²) >= 11 is 0. The van der Waals surface area contributed by atoms with Crippen LogP contribution in [0.2, 0.25) is 0 Å². The monoisotopic (exact) mass is 333 g/mol. The Hall–Kier alpha value is -1.59. The number of guanidine groups is 1. The van der Waals surface area contributed by atoms with Crippen molar-refractivity contribution in [3.8, 4) is 0 Å². The minimum Gasteiger partial charge on any atom is -0.382 e. The molecule has 0 saturated heterocycles. The van der Waals surface area contributed by atoms with Crippen LogP contribution in [0.15, 0.2) is 35.3 Å². The number of benzene rings is 1. The zero-order valence-electron chi connectivity index (χ0n) is 15.0. The summed E-state index contributed by atoms with van der Waals surface area (Å²) in [5.74, 6) is 0.900. The molecule has 0 spiro atoms. The maximum absolute atomic E-state index is 5.47. The second kappa shape index (κ2) is 10.3. The first kappa shape index (κ1) is 18.7. The molecule has 1 aromatic carbocycles. The Balaban J connectivity index is 1.75. The first-order valence-electron chi connectivity index (χ1n) is 8.95. The Bertz CT molecular complexity index is 487. The van der Waals surface area contributed by atoms with E-state index in [9.17, 15) is 0 Å². The van der Waals surface area contributed by atoms with E-state index in [1.807, 2.05) is 0 Å². The van der Waals surface area contributed by atoms with Crippen LogP contribution < -0.4 is 10.6 Å². The van der Waals surface area contributed by atoms with Crippen molar-refractivity contribution in [2.75, 3.05) is 46.6 Å². The predicted octanol–water partition coefficient (Wildman–Crippen LogP) is 2.33. The van der Waals surface area contributed by atoms with Crippen LogP contribution in [0.4, 0.5) is 0 Å². The molecule has 24 heavy (non-hydrogen) atoms. The number of methoxy groups -OCH3 is 1. The van der Waals surface area contributed by atoms with Gasteiger partial charge in [0.15, 0.2) is 5.96 Å². The van der Waals surface area contributed by atoms with Crippen molar-refractivity contribution >= 4 is 5.96 Å². The molecule has 0 aromatic heterocycles. The van der Waals surface area contributed by atoms with E-state index in [1.54, 1.807) is 7.11 Å². The smallest absolute Gasteiger partial charge is 0.191 e. The second-order valence-electron chi connectivity index (χ2n) is 6.23. The number of hydrogen-bond acceptors (Lipinski definition) is 3. The molecule has 1 aliphatic rings. The van der Waals surface area contributed by atoms with Crippen LogP contribution in [0.25, 0.3) is 0 Å². The molecule has 1 fully saturated rings. The summed E-state index contributed by atoms with van der Waals surface area (Å²) in [4.78, 5) is 4.80. The Labute approximate surface area is 145 Å². The molecule has 0 unspecified atom stereocenters. The van der Waals surface area contributed by atoms with Crippen molar-refractivity contribution in [3.05, 3.63) is 35.9 Å². The van der Waals surface area contributed by atoms with E-state index in [0.717, 1.165) is 38.6 Å². The first-order valence-corrected chi connectivity index (χ1v) is 8.95. The Kier molecular flexibility index (Phi) is 8.05. The van der Waals surface area contributed by atoms with Gasteiger partial charge in [-0.15, -0.1) is 0 Å². The molecule has 5 nitrogen and oxygen atoms in total. The molecule has 2 N–H and O–H groups in total. The van der Waals surface area contributed by atoms with Crippen LogP contribution in [0.3, 0.4) is 0 Å². The van der Waals surface area contributed by atoms with Gasteiger partial charge < -0.3 is 20.1 Å². The van der Waals surface area contributed by atoms with E-state index < -0.39 is 0 Å². The van der Waals surface area contributed by atoms with Gasteiger partial charge in [0.2, 0.25) is 0 Å². The first-order chi connectivity index (χ1) is 11.8. The summed E-state index contributed by atoms with van der Waals surface area (Å²) in [6.45, 7) is 6.71. The van der Waals surface area contributed by atoms with Crippen molar-refractivity contribution in [2.24, 2.45) is 4.99 Å². The number of nitrogens with zero attached hydrogens (tertiary/aromatic N) is 1. The standard InChI is InChI=1S/C19H31N3O2/c1-3-20-18(21-12-7-13-24-15-14-23-2)22-16-19(10-11-19)17-8-5-4-6-9-17/h4-6,8-9H,3,7,10-16H2,1-2H3,(H2,20,21,22). The Morgan fingerprint density at radius 3 is 2.58 bits per heavy atom. The normalized spacial score (nSPS) is 16.0. The largest absolute Gasteiger partial charge is 0.382 e. The Morgan fingerprint density at radius 2 is 1.92 bits per heavy atom. The maximum atomic E-state index is 5.47. The van der Waals surface area contributed by atoms with Crippen LogP contribution in [-0.2, 0) is 14.9 Å². The highest BCUT2D eigenvalue weighted by molar-refractivity contribution is 5.79. The highest BCUT2D eigenvalue weighted by Crippen LogP contribution is 2.48. The van der Waals surface area contributed by atoms with Crippen LogP contribution in [0, 0.1) is 0 Å². The molecule has 1 aliphatic carbocycles. The van der Waals surface area contributed by atoms with Gasteiger partial charge in [-0.3, -0.25) is 4.99 Å². The van der Waals surface area contributed by atoms with E-state index in [-0.39, 0.29) is 5.41 Å². The van der Waals surface area contributed by atoms with Crippen LogP contribution in [0.5, 0.6) is 0 Å². The highest BCUT2D eigenvalue weighted by atomic mass is 16.5. The fourth-order valence-electron chi connectivity index (χ4n) is 2.68. The third-order valence-corrected chi connectivity index (χ3v) is 4.31. The third kappa shape index (κ3) is 6.13. The lowest BCUT2D eigenvalue weighted by Crippen LogP contribution is -2.38. The molecule has 0 amide bonds. The Morgan fingerprint density at radius 1 is 1.12 bits per heavy atom. The van der Waals surface area contributed by atoms with Gasteiger partial charge in [0, 0.05) is 32.2 Å². The molecule has 0 radical (unpaired) electrons. The zero-order valence-corrected chi connectivity index (χ0v) is 15.0. The maximum Gasteiger partial charge on any atom is 0.191 e. The summed E-state index contributed by atoms with van der Waals surface area (Å²) < 4.78 is 10.4. The summed E-state index contributed by atoms with van der Waals surface area (Å²) in [6, 6.07) is 10.8. The summed E-state index contributed by atoms with van der Waals surface area (Å²) in [6.07, 6.45) is 3.42. The lowest BCUT2D eigenvalue weighted by Gasteiger charge is -2.16. The van der Waals surface area contributed by atoms with Crippen molar-refractivity contribution in [1.29, 1.82) is 0 Å². The fourth-order valence-corrected chi connectivity index (χ4v) is 2.68. The molecule has 134 valence electrons. The van der Waals surface area contributed by atoms with Gasteiger partial charge in [0.1, 0.15) is 0 Å². The lowest BCUT2D eigenvalue weighted by atomic mass is 9.96. The SMILES string of the molecule is CCNC(=NCC1(c2ccccc2)CC1)NCCCOCCOC. The molecule has 1 saturated carbocycles. The number of ether oxygens (including phenoxy) is 2. The zero-order chi connectivity index (χ0) is 17.1. The van der Waals surface area contributed by atoms with Gasteiger partial charge >= 0.3 is 0 Å². The summed E-state index contributed by atoms with van der Waals surface area (Å²) in [5.41, 5.74) is 1.67. The van der Waals surface area contributed by atoms with Gasteiger partial charge in [-0.2, -0.15) is 0 Å². The van der Waals surface area contributed by atoms with Gasteiger partial charge in [-0.25, -0.2) is 0 Å².